The molecule has 186 valence electrons. The van der Waals surface area contributed by atoms with Gasteiger partial charge in [0.15, 0.2) is 0 Å². The first-order chi connectivity index (χ1) is 16.8. The lowest BCUT2D eigenvalue weighted by Gasteiger charge is -2.33. The van der Waals surface area contributed by atoms with Gasteiger partial charge in [-0.05, 0) is 79.8 Å². The maximum absolute atomic E-state index is 13.4. The molecule has 0 saturated carbocycles. The second-order valence-electron chi connectivity index (χ2n) is 9.90. The molecule has 3 aliphatic rings. The van der Waals surface area contributed by atoms with Crippen molar-refractivity contribution >= 4 is 27.5 Å². The summed E-state index contributed by atoms with van der Waals surface area (Å²) in [5, 5.41) is 3.24. The second-order valence-corrected chi connectivity index (χ2v) is 11.8. The summed E-state index contributed by atoms with van der Waals surface area (Å²) in [4.78, 5) is 26.9. The Hall–Kier alpha value is -2.71. The standard InChI is InChI=1S/C27H33N3O4S/c1-19(31)30-15-5-8-22-18-23(11-12-26(22)30)35(33,34)29-16-13-21(14-17-29)27(32)28-25-10-4-7-20-6-2-3-9-24(20)25/h2-3,6,9,11-12,18,21,25H,4-5,7-8,10,13-17H2,1H3,(H,28,32). The molecule has 1 fully saturated rings. The van der Waals surface area contributed by atoms with Gasteiger partial charge in [-0.2, -0.15) is 4.31 Å². The van der Waals surface area contributed by atoms with Crippen LogP contribution in [0.4, 0.5) is 5.69 Å². The summed E-state index contributed by atoms with van der Waals surface area (Å²) in [7, 11) is -3.65. The minimum atomic E-state index is -3.65. The molecule has 1 atom stereocenters. The minimum Gasteiger partial charge on any atom is -0.349 e. The lowest BCUT2D eigenvalue weighted by molar-refractivity contribution is -0.127. The highest BCUT2D eigenvalue weighted by Gasteiger charge is 2.34. The first-order valence-electron chi connectivity index (χ1n) is 12.6. The van der Waals surface area contributed by atoms with Crippen molar-refractivity contribution < 1.29 is 18.0 Å². The summed E-state index contributed by atoms with van der Waals surface area (Å²) >= 11 is 0. The van der Waals surface area contributed by atoms with Gasteiger partial charge in [-0.15, -0.1) is 0 Å². The number of nitrogens with one attached hydrogen (secondary N) is 1. The summed E-state index contributed by atoms with van der Waals surface area (Å²) in [5.74, 6) is -0.177. The van der Waals surface area contributed by atoms with E-state index in [1.165, 1.54) is 22.4 Å². The Morgan fingerprint density at radius 3 is 2.43 bits per heavy atom. The van der Waals surface area contributed by atoms with E-state index in [4.69, 9.17) is 0 Å². The van der Waals surface area contributed by atoms with Crippen LogP contribution in [0.1, 0.15) is 61.8 Å². The fourth-order valence-electron chi connectivity index (χ4n) is 5.76. The highest BCUT2D eigenvalue weighted by atomic mass is 32.2. The molecule has 0 spiro atoms. The number of sulfonamides is 1. The van der Waals surface area contributed by atoms with Crippen LogP contribution in [-0.2, 0) is 32.5 Å². The van der Waals surface area contributed by atoms with E-state index in [1.807, 2.05) is 12.1 Å². The third-order valence-corrected chi connectivity index (χ3v) is 9.59. The molecule has 1 N–H and O–H groups in total. The summed E-state index contributed by atoms with van der Waals surface area (Å²) < 4.78 is 28.2. The van der Waals surface area contributed by atoms with Gasteiger partial charge in [0.2, 0.25) is 21.8 Å². The zero-order valence-electron chi connectivity index (χ0n) is 20.2. The van der Waals surface area contributed by atoms with E-state index in [1.54, 1.807) is 23.1 Å². The number of benzene rings is 2. The topological polar surface area (TPSA) is 86.8 Å². The van der Waals surface area contributed by atoms with Gasteiger partial charge in [0, 0.05) is 38.2 Å². The number of hydrogen-bond donors (Lipinski definition) is 1. The van der Waals surface area contributed by atoms with Crippen LogP contribution >= 0.6 is 0 Å². The lowest BCUT2D eigenvalue weighted by atomic mass is 9.87. The number of hydrogen-bond acceptors (Lipinski definition) is 4. The van der Waals surface area contributed by atoms with Crippen LogP contribution < -0.4 is 10.2 Å². The van der Waals surface area contributed by atoms with Crippen molar-refractivity contribution in [3.05, 3.63) is 59.2 Å². The van der Waals surface area contributed by atoms with Crippen LogP contribution in [0.3, 0.4) is 0 Å². The van der Waals surface area contributed by atoms with Gasteiger partial charge in [-0.25, -0.2) is 8.42 Å². The van der Waals surface area contributed by atoms with Crippen LogP contribution in [0.2, 0.25) is 0 Å². The fourth-order valence-corrected chi connectivity index (χ4v) is 7.28. The fraction of sp³-hybridized carbons (Fsp3) is 0.481. The Balaban J connectivity index is 1.23. The van der Waals surface area contributed by atoms with Crippen molar-refractivity contribution in [3.8, 4) is 0 Å². The number of aryl methyl sites for hydroxylation is 2. The van der Waals surface area contributed by atoms with Gasteiger partial charge >= 0.3 is 0 Å². The maximum Gasteiger partial charge on any atom is 0.243 e. The largest absolute Gasteiger partial charge is 0.349 e. The smallest absolute Gasteiger partial charge is 0.243 e. The van der Waals surface area contributed by atoms with Gasteiger partial charge in [-0.1, -0.05) is 24.3 Å². The van der Waals surface area contributed by atoms with Crippen molar-refractivity contribution in [1.29, 1.82) is 0 Å². The van der Waals surface area contributed by atoms with Crippen molar-refractivity contribution in [2.45, 2.75) is 62.8 Å². The molecule has 0 bridgehead atoms. The molecule has 1 aliphatic carbocycles. The molecule has 5 rings (SSSR count). The van der Waals surface area contributed by atoms with E-state index in [2.05, 4.69) is 17.4 Å². The zero-order chi connectivity index (χ0) is 24.6. The van der Waals surface area contributed by atoms with Gasteiger partial charge in [0.25, 0.3) is 0 Å². The quantitative estimate of drug-likeness (QED) is 0.703. The predicted molar refractivity (Wildman–Crippen MR) is 135 cm³/mol. The highest BCUT2D eigenvalue weighted by molar-refractivity contribution is 7.89. The van der Waals surface area contributed by atoms with E-state index >= 15 is 0 Å². The number of fused-ring (bicyclic) bond motifs is 2. The Morgan fingerprint density at radius 1 is 0.914 bits per heavy atom. The number of nitrogens with zero attached hydrogens (tertiary/aromatic N) is 2. The summed E-state index contributed by atoms with van der Waals surface area (Å²) in [6.45, 7) is 2.86. The average molecular weight is 496 g/mol. The van der Waals surface area contributed by atoms with Gasteiger partial charge in [0.05, 0.1) is 10.9 Å². The van der Waals surface area contributed by atoms with E-state index < -0.39 is 10.0 Å². The zero-order valence-corrected chi connectivity index (χ0v) is 21.0. The third-order valence-electron chi connectivity index (χ3n) is 7.70. The van der Waals surface area contributed by atoms with Crippen molar-refractivity contribution in [2.75, 3.05) is 24.5 Å². The molecular formula is C27H33N3O4S. The molecule has 2 heterocycles. The first-order valence-corrected chi connectivity index (χ1v) is 14.1. The summed E-state index contributed by atoms with van der Waals surface area (Å²) in [6.07, 6.45) is 5.66. The molecule has 0 radical (unpaired) electrons. The molecule has 1 unspecified atom stereocenters. The van der Waals surface area contributed by atoms with Gasteiger partial charge in [0.1, 0.15) is 0 Å². The molecule has 2 amide bonds. The average Bonchev–Trinajstić information content (AvgIpc) is 2.88. The van der Waals surface area contributed by atoms with E-state index in [9.17, 15) is 18.0 Å². The predicted octanol–water partition coefficient (Wildman–Crippen LogP) is 3.58. The van der Waals surface area contributed by atoms with Crippen LogP contribution in [-0.4, -0.2) is 44.2 Å². The first kappa shape index (κ1) is 24.0. The van der Waals surface area contributed by atoms with Crippen LogP contribution in [0, 0.1) is 5.92 Å². The van der Waals surface area contributed by atoms with Crippen LogP contribution in [0.5, 0.6) is 0 Å². The molecule has 35 heavy (non-hydrogen) atoms. The minimum absolute atomic E-state index is 0.0291. The number of piperidine rings is 1. The monoisotopic (exact) mass is 495 g/mol. The molecule has 2 aromatic rings. The SMILES string of the molecule is CC(=O)N1CCCc2cc(S(=O)(=O)N3CCC(C(=O)NC4CCCc5ccccc54)CC3)ccc21. The number of carbonyl (C=O) groups excluding carboxylic acids is 2. The maximum atomic E-state index is 13.4. The van der Waals surface area contributed by atoms with E-state index in [-0.39, 0.29) is 28.7 Å². The molecule has 1 saturated heterocycles. The Kier molecular flexibility index (Phi) is 6.68. The van der Waals surface area contributed by atoms with Gasteiger partial charge < -0.3 is 10.2 Å². The third kappa shape index (κ3) is 4.74. The molecule has 2 aromatic carbocycles. The van der Waals surface area contributed by atoms with Crippen molar-refractivity contribution in [1.82, 2.24) is 9.62 Å². The Bertz CT molecular complexity index is 1230. The van der Waals surface area contributed by atoms with Crippen LogP contribution in [0.15, 0.2) is 47.4 Å². The lowest BCUT2D eigenvalue weighted by Crippen LogP contribution is -2.44. The Labute approximate surface area is 207 Å². The summed E-state index contributed by atoms with van der Waals surface area (Å²) in [5.41, 5.74) is 4.22. The molecule has 7 nitrogen and oxygen atoms in total. The molecule has 8 heteroatoms. The Morgan fingerprint density at radius 2 is 1.66 bits per heavy atom. The van der Waals surface area contributed by atoms with Crippen molar-refractivity contribution in [3.63, 3.8) is 0 Å². The molecule has 0 aromatic heterocycles. The summed E-state index contributed by atoms with van der Waals surface area (Å²) in [6, 6.07) is 13.4. The van der Waals surface area contributed by atoms with Crippen LogP contribution in [0.25, 0.3) is 0 Å². The number of rotatable bonds is 4. The molecular weight excluding hydrogens is 462 g/mol. The number of carbonyl (C=O) groups is 2. The number of anilines is 1. The van der Waals surface area contributed by atoms with E-state index in [0.29, 0.717) is 32.5 Å². The normalized spacial score (nSPS) is 21.2. The van der Waals surface area contributed by atoms with E-state index in [0.717, 1.165) is 43.4 Å². The second kappa shape index (κ2) is 9.74. The number of amides is 2. The molecule has 2 aliphatic heterocycles. The van der Waals surface area contributed by atoms with Gasteiger partial charge in [-0.3, -0.25) is 9.59 Å². The van der Waals surface area contributed by atoms with Crippen molar-refractivity contribution in [2.24, 2.45) is 5.92 Å². The highest BCUT2D eigenvalue weighted by Crippen LogP contribution is 2.33.